The van der Waals surface area contributed by atoms with Gasteiger partial charge in [-0.05, 0) is 41.5 Å². The van der Waals surface area contributed by atoms with Crippen LogP contribution in [0.25, 0.3) is 0 Å². The molecule has 0 aliphatic carbocycles. The van der Waals surface area contributed by atoms with Gasteiger partial charge in [0.2, 0.25) is 5.91 Å². The Morgan fingerprint density at radius 1 is 0.879 bits per heavy atom. The first kappa shape index (κ1) is 22.4. The van der Waals surface area contributed by atoms with Crippen molar-refractivity contribution in [1.82, 2.24) is 10.2 Å². The van der Waals surface area contributed by atoms with Crippen LogP contribution in [-0.4, -0.2) is 44.0 Å². The maximum Gasteiger partial charge on any atom is 0.254 e. The van der Waals surface area contributed by atoms with E-state index in [1.54, 1.807) is 43.4 Å². The van der Waals surface area contributed by atoms with Crippen molar-refractivity contribution < 1.29 is 19.1 Å². The quantitative estimate of drug-likeness (QED) is 0.601. The Kier molecular flexibility index (Phi) is 6.93. The normalized spacial score (nSPS) is 17.5. The summed E-state index contributed by atoms with van der Waals surface area (Å²) in [4.78, 5) is 28.3. The molecule has 1 saturated heterocycles. The van der Waals surface area contributed by atoms with E-state index in [4.69, 9.17) is 9.47 Å². The molecule has 0 radical (unpaired) electrons. The number of carbonyl (C=O) groups excluding carboxylic acids is 2. The lowest BCUT2D eigenvalue weighted by Gasteiger charge is -2.18. The second kappa shape index (κ2) is 10.2. The third-order valence-corrected chi connectivity index (χ3v) is 6.09. The number of benzene rings is 3. The molecule has 1 aliphatic heterocycles. The van der Waals surface area contributed by atoms with Crippen molar-refractivity contribution in [3.05, 3.63) is 95.6 Å². The zero-order chi connectivity index (χ0) is 23.2. The number of carbonyl (C=O) groups is 2. The van der Waals surface area contributed by atoms with Gasteiger partial charge in [-0.25, -0.2) is 0 Å². The molecule has 0 saturated carbocycles. The molecule has 6 heteroatoms. The maximum atomic E-state index is 13.3. The Balaban J connectivity index is 1.57. The lowest BCUT2D eigenvalue weighted by molar-refractivity contribution is -0.125. The second-order valence-electron chi connectivity index (χ2n) is 8.14. The zero-order valence-corrected chi connectivity index (χ0v) is 18.9. The monoisotopic (exact) mass is 444 g/mol. The van der Waals surface area contributed by atoms with Crippen LogP contribution in [-0.2, 0) is 11.3 Å². The molecule has 0 bridgehead atoms. The summed E-state index contributed by atoms with van der Waals surface area (Å²) in [5, 5.41) is 3.06. The van der Waals surface area contributed by atoms with Crippen LogP contribution in [0.2, 0.25) is 0 Å². The molecule has 1 fully saturated rings. The summed E-state index contributed by atoms with van der Waals surface area (Å²) in [5.74, 6) is 0.684. The van der Waals surface area contributed by atoms with Gasteiger partial charge in [0.15, 0.2) is 0 Å². The molecule has 0 spiro atoms. The molecule has 1 aliphatic rings. The van der Waals surface area contributed by atoms with Crippen LogP contribution >= 0.6 is 0 Å². The smallest absolute Gasteiger partial charge is 0.254 e. The minimum Gasteiger partial charge on any atom is -0.497 e. The van der Waals surface area contributed by atoms with Gasteiger partial charge in [-0.3, -0.25) is 9.59 Å². The molecule has 1 N–H and O–H groups in total. The topological polar surface area (TPSA) is 67.9 Å². The molecular weight excluding hydrogens is 416 g/mol. The summed E-state index contributed by atoms with van der Waals surface area (Å²) in [6, 6.07) is 24.6. The lowest BCUT2D eigenvalue weighted by atomic mass is 9.88. The molecule has 2 unspecified atom stereocenters. The number of amides is 2. The van der Waals surface area contributed by atoms with Gasteiger partial charge >= 0.3 is 0 Å². The van der Waals surface area contributed by atoms with E-state index in [1.165, 1.54) is 0 Å². The van der Waals surface area contributed by atoms with Crippen molar-refractivity contribution in [3.63, 3.8) is 0 Å². The van der Waals surface area contributed by atoms with Crippen LogP contribution < -0.4 is 14.8 Å². The fourth-order valence-corrected chi connectivity index (χ4v) is 4.30. The van der Waals surface area contributed by atoms with E-state index in [9.17, 15) is 9.59 Å². The highest BCUT2D eigenvalue weighted by atomic mass is 16.5. The van der Waals surface area contributed by atoms with E-state index < -0.39 is 0 Å². The van der Waals surface area contributed by atoms with E-state index in [2.05, 4.69) is 5.32 Å². The van der Waals surface area contributed by atoms with Crippen LogP contribution in [0.15, 0.2) is 78.9 Å². The molecule has 2 amide bonds. The lowest BCUT2D eigenvalue weighted by Crippen LogP contribution is -2.35. The fraction of sp³-hybridized carbons (Fsp3) is 0.259. The van der Waals surface area contributed by atoms with Gasteiger partial charge in [0.1, 0.15) is 11.5 Å². The maximum absolute atomic E-state index is 13.3. The number of hydrogen-bond donors (Lipinski definition) is 1. The average molecular weight is 445 g/mol. The fourth-order valence-electron chi connectivity index (χ4n) is 4.30. The van der Waals surface area contributed by atoms with Crippen molar-refractivity contribution in [3.8, 4) is 11.5 Å². The van der Waals surface area contributed by atoms with Crippen LogP contribution in [0.5, 0.6) is 11.5 Å². The Morgan fingerprint density at radius 3 is 2.30 bits per heavy atom. The molecule has 170 valence electrons. The highest BCUT2D eigenvalue weighted by molar-refractivity contribution is 5.95. The first-order valence-electron chi connectivity index (χ1n) is 11.0. The number of ether oxygens (including phenoxy) is 2. The molecule has 2 atom stereocenters. The Labute approximate surface area is 194 Å². The molecule has 1 heterocycles. The van der Waals surface area contributed by atoms with Crippen molar-refractivity contribution in [1.29, 1.82) is 0 Å². The standard InChI is InChI=1S/C27H28N2O4/c1-32-22-12-6-10-20(14-22)24-17-29(27(31)21-11-7-13-23(15-21)33-2)18-25(24)26(30)28-16-19-8-4-3-5-9-19/h3-15,24-25H,16-18H2,1-2H3,(H,28,30). The number of hydrogen-bond acceptors (Lipinski definition) is 4. The van der Waals surface area contributed by atoms with Gasteiger partial charge in [-0.2, -0.15) is 0 Å². The largest absolute Gasteiger partial charge is 0.497 e. The van der Waals surface area contributed by atoms with Gasteiger partial charge in [-0.15, -0.1) is 0 Å². The first-order valence-corrected chi connectivity index (χ1v) is 11.0. The molecule has 3 aromatic carbocycles. The van der Waals surface area contributed by atoms with Crippen molar-refractivity contribution in [2.24, 2.45) is 5.92 Å². The Hall–Kier alpha value is -3.80. The van der Waals surface area contributed by atoms with Crippen molar-refractivity contribution >= 4 is 11.8 Å². The number of nitrogens with zero attached hydrogens (tertiary/aromatic N) is 1. The third-order valence-electron chi connectivity index (χ3n) is 6.09. The van der Waals surface area contributed by atoms with Crippen LogP contribution in [0, 0.1) is 5.92 Å². The van der Waals surface area contributed by atoms with Crippen LogP contribution in [0.4, 0.5) is 0 Å². The molecule has 3 aromatic rings. The highest BCUT2D eigenvalue weighted by Crippen LogP contribution is 2.35. The summed E-state index contributed by atoms with van der Waals surface area (Å²) in [5.41, 5.74) is 2.56. The Morgan fingerprint density at radius 2 is 1.58 bits per heavy atom. The van der Waals surface area contributed by atoms with E-state index >= 15 is 0 Å². The summed E-state index contributed by atoms with van der Waals surface area (Å²) in [6.07, 6.45) is 0. The van der Waals surface area contributed by atoms with Crippen LogP contribution in [0.1, 0.15) is 27.4 Å². The third kappa shape index (κ3) is 5.17. The van der Waals surface area contributed by atoms with Crippen LogP contribution in [0.3, 0.4) is 0 Å². The predicted molar refractivity (Wildman–Crippen MR) is 126 cm³/mol. The summed E-state index contributed by atoms with van der Waals surface area (Å²) in [7, 11) is 3.20. The van der Waals surface area contributed by atoms with Gasteiger partial charge in [0, 0.05) is 31.1 Å². The number of likely N-dealkylation sites (tertiary alicyclic amines) is 1. The van der Waals surface area contributed by atoms with Gasteiger partial charge in [0.25, 0.3) is 5.91 Å². The van der Waals surface area contributed by atoms with E-state index in [0.29, 0.717) is 30.9 Å². The van der Waals surface area contributed by atoms with E-state index in [-0.39, 0.29) is 23.7 Å². The first-order chi connectivity index (χ1) is 16.1. The van der Waals surface area contributed by atoms with E-state index in [0.717, 1.165) is 16.9 Å². The molecule has 6 nitrogen and oxygen atoms in total. The van der Waals surface area contributed by atoms with Gasteiger partial charge in [0.05, 0.1) is 20.1 Å². The second-order valence-corrected chi connectivity index (χ2v) is 8.14. The molecule has 0 aromatic heterocycles. The predicted octanol–water partition coefficient (Wildman–Crippen LogP) is 3.88. The summed E-state index contributed by atoms with van der Waals surface area (Å²) >= 11 is 0. The average Bonchev–Trinajstić information content (AvgIpc) is 3.33. The van der Waals surface area contributed by atoms with E-state index in [1.807, 2.05) is 54.6 Å². The number of nitrogens with one attached hydrogen (secondary N) is 1. The minimum absolute atomic E-state index is 0.0624. The number of methoxy groups -OCH3 is 2. The minimum atomic E-state index is -0.365. The van der Waals surface area contributed by atoms with Crippen molar-refractivity contribution in [2.45, 2.75) is 12.5 Å². The molecular formula is C27H28N2O4. The highest BCUT2D eigenvalue weighted by Gasteiger charge is 2.40. The summed E-state index contributed by atoms with van der Waals surface area (Å²) in [6.45, 7) is 1.25. The summed E-state index contributed by atoms with van der Waals surface area (Å²) < 4.78 is 10.7. The zero-order valence-electron chi connectivity index (χ0n) is 18.9. The molecule has 4 rings (SSSR count). The Bertz CT molecular complexity index is 1120. The van der Waals surface area contributed by atoms with Crippen molar-refractivity contribution in [2.75, 3.05) is 27.3 Å². The number of rotatable bonds is 7. The molecule has 33 heavy (non-hydrogen) atoms. The SMILES string of the molecule is COc1cccc(C(=O)N2CC(C(=O)NCc3ccccc3)C(c3cccc(OC)c3)C2)c1. The van der Waals surface area contributed by atoms with Gasteiger partial charge in [-0.1, -0.05) is 48.5 Å². The van der Waals surface area contributed by atoms with Gasteiger partial charge < -0.3 is 19.7 Å².